The van der Waals surface area contributed by atoms with Gasteiger partial charge in [-0.05, 0) is 45.9 Å². The maximum atomic E-state index is 13.7. The van der Waals surface area contributed by atoms with Crippen molar-refractivity contribution in [2.24, 2.45) is 0 Å². The highest BCUT2D eigenvalue weighted by Crippen LogP contribution is 2.15. The lowest BCUT2D eigenvalue weighted by Crippen LogP contribution is -2.43. The fourth-order valence-electron chi connectivity index (χ4n) is 2.30. The van der Waals surface area contributed by atoms with Crippen LogP contribution in [0.15, 0.2) is 42.5 Å². The van der Waals surface area contributed by atoms with Crippen molar-refractivity contribution in [3.63, 3.8) is 0 Å². The zero-order valence-corrected chi connectivity index (χ0v) is 15.5. The Balaban J connectivity index is 2.09. The molecule has 0 saturated carbocycles. The summed E-state index contributed by atoms with van der Waals surface area (Å²) < 4.78 is 32.3. The first-order valence-corrected chi connectivity index (χ1v) is 8.53. The molecule has 0 heterocycles. The number of carbonyl (C=O) groups is 2. The molecule has 1 amide bonds. The van der Waals surface area contributed by atoms with Crippen molar-refractivity contribution in [2.45, 2.75) is 18.9 Å². The van der Waals surface area contributed by atoms with Crippen LogP contribution in [0.3, 0.4) is 0 Å². The van der Waals surface area contributed by atoms with Crippen molar-refractivity contribution in [1.29, 1.82) is 0 Å². The van der Waals surface area contributed by atoms with Crippen molar-refractivity contribution in [3.8, 4) is 0 Å². The van der Waals surface area contributed by atoms with Crippen molar-refractivity contribution in [2.75, 3.05) is 7.11 Å². The lowest BCUT2D eigenvalue weighted by atomic mass is 10.1. The Morgan fingerprint density at radius 1 is 1.16 bits per heavy atom. The van der Waals surface area contributed by atoms with Crippen LogP contribution in [0.1, 0.15) is 11.1 Å². The summed E-state index contributed by atoms with van der Waals surface area (Å²) in [5.41, 5.74) is 0.934. The van der Waals surface area contributed by atoms with Crippen LogP contribution in [-0.4, -0.2) is 25.0 Å². The molecule has 0 aromatic heterocycles. The van der Waals surface area contributed by atoms with E-state index in [0.717, 1.165) is 15.2 Å². The molecule has 0 aliphatic carbocycles. The van der Waals surface area contributed by atoms with Crippen molar-refractivity contribution >= 4 is 34.5 Å². The van der Waals surface area contributed by atoms with Crippen LogP contribution < -0.4 is 5.32 Å². The molecule has 0 spiro atoms. The van der Waals surface area contributed by atoms with Crippen LogP contribution in [0, 0.1) is 15.2 Å². The maximum absolute atomic E-state index is 13.7. The van der Waals surface area contributed by atoms with Crippen LogP contribution in [0.25, 0.3) is 0 Å². The van der Waals surface area contributed by atoms with E-state index >= 15 is 0 Å². The van der Waals surface area contributed by atoms with E-state index in [2.05, 4.69) is 27.9 Å². The second kappa shape index (κ2) is 8.89. The highest BCUT2D eigenvalue weighted by molar-refractivity contribution is 14.1. The standard InChI is InChI=1S/C18H16F2INO3/c1-25-18(24)16(8-12-4-2-3-5-15(12)21)22-17(23)9-11-6-7-13(19)10-14(11)20/h2-7,10,16H,8-9H2,1H3,(H,22,23)/t16-/m1/s1. The molecule has 2 aromatic carbocycles. The van der Waals surface area contributed by atoms with Gasteiger partial charge >= 0.3 is 5.97 Å². The lowest BCUT2D eigenvalue weighted by Gasteiger charge is -2.17. The Hall–Kier alpha value is -2.03. The number of hydrogen-bond donors (Lipinski definition) is 1. The molecule has 25 heavy (non-hydrogen) atoms. The smallest absolute Gasteiger partial charge is 0.328 e. The van der Waals surface area contributed by atoms with Gasteiger partial charge in [-0.2, -0.15) is 0 Å². The molecule has 2 rings (SSSR count). The SMILES string of the molecule is COC(=O)[C@@H](Cc1ccccc1I)NC(=O)Cc1ccc(F)cc1F. The minimum absolute atomic E-state index is 0.0526. The molecule has 132 valence electrons. The normalized spacial score (nSPS) is 11.7. The summed E-state index contributed by atoms with van der Waals surface area (Å²) in [4.78, 5) is 24.1. The van der Waals surface area contributed by atoms with Gasteiger partial charge in [-0.15, -0.1) is 0 Å². The lowest BCUT2D eigenvalue weighted by molar-refractivity contribution is -0.145. The topological polar surface area (TPSA) is 55.4 Å². The number of benzene rings is 2. The highest BCUT2D eigenvalue weighted by atomic mass is 127. The first kappa shape index (κ1) is 19.3. The molecule has 1 N–H and O–H groups in total. The number of halogens is 3. The van der Waals surface area contributed by atoms with Crippen molar-refractivity contribution in [1.82, 2.24) is 5.32 Å². The molecule has 7 heteroatoms. The van der Waals surface area contributed by atoms with Gasteiger partial charge in [-0.3, -0.25) is 4.79 Å². The van der Waals surface area contributed by atoms with Gasteiger partial charge in [0.2, 0.25) is 5.91 Å². The van der Waals surface area contributed by atoms with E-state index in [1.165, 1.54) is 13.2 Å². The predicted octanol–water partition coefficient (Wildman–Crippen LogP) is 3.01. The number of amides is 1. The second-order valence-electron chi connectivity index (χ2n) is 5.35. The van der Waals surface area contributed by atoms with Gasteiger partial charge in [0, 0.05) is 16.1 Å². The molecule has 0 aliphatic heterocycles. The molecular weight excluding hydrogens is 443 g/mol. The van der Waals surface area contributed by atoms with Gasteiger partial charge in [0.05, 0.1) is 13.5 Å². The molecule has 0 saturated heterocycles. The summed E-state index contributed by atoms with van der Waals surface area (Å²) >= 11 is 2.14. The zero-order valence-electron chi connectivity index (χ0n) is 13.4. The van der Waals surface area contributed by atoms with Gasteiger partial charge in [0.25, 0.3) is 0 Å². The Bertz CT molecular complexity index is 783. The Kier molecular flexibility index (Phi) is 6.86. The first-order valence-electron chi connectivity index (χ1n) is 7.45. The quantitative estimate of drug-likeness (QED) is 0.534. The van der Waals surface area contributed by atoms with Crippen LogP contribution in [0.4, 0.5) is 8.78 Å². The molecular formula is C18H16F2INO3. The minimum atomic E-state index is -0.892. The average molecular weight is 459 g/mol. The summed E-state index contributed by atoms with van der Waals surface area (Å²) in [6.07, 6.45) is -0.0467. The van der Waals surface area contributed by atoms with E-state index in [-0.39, 0.29) is 18.4 Å². The van der Waals surface area contributed by atoms with Gasteiger partial charge in [-0.1, -0.05) is 24.3 Å². The van der Waals surface area contributed by atoms with E-state index in [4.69, 9.17) is 4.74 Å². The molecule has 0 radical (unpaired) electrons. The fourth-order valence-corrected chi connectivity index (χ4v) is 2.91. The summed E-state index contributed by atoms with van der Waals surface area (Å²) in [5, 5.41) is 2.56. The van der Waals surface area contributed by atoms with Gasteiger partial charge in [0.15, 0.2) is 0 Å². The summed E-state index contributed by atoms with van der Waals surface area (Å²) in [6, 6.07) is 9.55. The Morgan fingerprint density at radius 2 is 1.88 bits per heavy atom. The van der Waals surface area contributed by atoms with Crippen LogP contribution >= 0.6 is 22.6 Å². The molecule has 0 fully saturated rings. The molecule has 0 aliphatic rings. The largest absolute Gasteiger partial charge is 0.467 e. The van der Waals surface area contributed by atoms with E-state index < -0.39 is 29.6 Å². The van der Waals surface area contributed by atoms with Crippen molar-refractivity contribution in [3.05, 3.63) is 68.8 Å². The number of hydrogen-bond acceptors (Lipinski definition) is 3. The number of methoxy groups -OCH3 is 1. The van der Waals surface area contributed by atoms with Gasteiger partial charge < -0.3 is 10.1 Å². The fraction of sp³-hybridized carbons (Fsp3) is 0.222. The first-order chi connectivity index (χ1) is 11.9. The van der Waals surface area contributed by atoms with Gasteiger partial charge in [-0.25, -0.2) is 13.6 Å². The zero-order chi connectivity index (χ0) is 18.4. The monoisotopic (exact) mass is 459 g/mol. The van der Waals surface area contributed by atoms with E-state index in [1.807, 2.05) is 24.3 Å². The summed E-state index contributed by atoms with van der Waals surface area (Å²) in [5.74, 6) is -2.66. The van der Waals surface area contributed by atoms with E-state index in [0.29, 0.717) is 6.07 Å². The predicted molar refractivity (Wildman–Crippen MR) is 96.9 cm³/mol. The van der Waals surface area contributed by atoms with Gasteiger partial charge in [0.1, 0.15) is 17.7 Å². The summed E-state index contributed by atoms with van der Waals surface area (Å²) in [6.45, 7) is 0. The van der Waals surface area contributed by atoms with E-state index in [1.54, 1.807) is 0 Å². The van der Waals surface area contributed by atoms with Crippen molar-refractivity contribution < 1.29 is 23.1 Å². The minimum Gasteiger partial charge on any atom is -0.467 e. The number of nitrogens with one attached hydrogen (secondary N) is 1. The maximum Gasteiger partial charge on any atom is 0.328 e. The number of esters is 1. The van der Waals surface area contributed by atoms with Crippen LogP contribution in [0.5, 0.6) is 0 Å². The number of carbonyl (C=O) groups excluding carboxylic acids is 2. The molecule has 4 nitrogen and oxygen atoms in total. The average Bonchev–Trinajstić information content (AvgIpc) is 2.58. The van der Waals surface area contributed by atoms with Crippen LogP contribution in [0.2, 0.25) is 0 Å². The third-order valence-electron chi connectivity index (χ3n) is 3.57. The third-order valence-corrected chi connectivity index (χ3v) is 4.62. The molecule has 2 aromatic rings. The summed E-state index contributed by atoms with van der Waals surface area (Å²) in [7, 11) is 1.23. The number of ether oxygens (including phenoxy) is 1. The molecule has 0 bridgehead atoms. The Morgan fingerprint density at radius 3 is 2.52 bits per heavy atom. The molecule has 1 atom stereocenters. The number of rotatable bonds is 6. The second-order valence-corrected chi connectivity index (χ2v) is 6.51. The third kappa shape index (κ3) is 5.48. The molecule has 0 unspecified atom stereocenters. The highest BCUT2D eigenvalue weighted by Gasteiger charge is 2.23. The van der Waals surface area contributed by atoms with E-state index in [9.17, 15) is 18.4 Å². The van der Waals surface area contributed by atoms with Crippen LogP contribution in [-0.2, 0) is 27.2 Å². The Labute approximate surface area is 157 Å².